The van der Waals surface area contributed by atoms with Gasteiger partial charge in [-0.2, -0.15) is 0 Å². The van der Waals surface area contributed by atoms with Gasteiger partial charge in [0.25, 0.3) is 0 Å². The molecule has 2 N–H and O–H groups in total. The lowest BCUT2D eigenvalue weighted by molar-refractivity contribution is 0.000642. The first kappa shape index (κ1) is 6.46. The van der Waals surface area contributed by atoms with Crippen LogP contribution in [0.25, 0.3) is 0 Å². The van der Waals surface area contributed by atoms with E-state index in [1.807, 2.05) is 0 Å². The van der Waals surface area contributed by atoms with Gasteiger partial charge >= 0.3 is 0 Å². The van der Waals surface area contributed by atoms with Crippen LogP contribution in [0.15, 0.2) is 12.3 Å². The van der Waals surface area contributed by atoms with Gasteiger partial charge in [-0.25, -0.2) is 0 Å². The van der Waals surface area contributed by atoms with Gasteiger partial charge in [-0.05, 0) is 0 Å². The molecular weight excluding hydrogens is 96.0 g/mol. The van der Waals surface area contributed by atoms with Crippen molar-refractivity contribution in [2.75, 3.05) is 7.11 Å². The van der Waals surface area contributed by atoms with Gasteiger partial charge in [-0.15, -0.1) is 0 Å². The van der Waals surface area contributed by atoms with Crippen molar-refractivity contribution in [1.82, 2.24) is 0 Å². The minimum absolute atomic E-state index is 1.11. The second-order valence-electron chi connectivity index (χ2n) is 0.978. The Balaban J connectivity index is 3.08. The fourth-order valence-electron chi connectivity index (χ4n) is 0.149. The molecule has 0 unspecified atom stereocenters. The van der Waals surface area contributed by atoms with Gasteiger partial charge in [0.05, 0.1) is 13.4 Å². The summed E-state index contributed by atoms with van der Waals surface area (Å²) in [6.45, 7) is 0. The minimum Gasteiger partial charge on any atom is -0.505 e. The molecule has 0 saturated carbocycles. The van der Waals surface area contributed by atoms with Gasteiger partial charge in [0.2, 0.25) is 0 Å². The summed E-state index contributed by atoms with van der Waals surface area (Å²) in [7, 11) is 1.43. The van der Waals surface area contributed by atoms with E-state index in [0.29, 0.717) is 0 Å². The summed E-state index contributed by atoms with van der Waals surface area (Å²) >= 11 is 0. The van der Waals surface area contributed by atoms with Crippen LogP contribution in [-0.4, -0.2) is 23.6 Å². The second-order valence-corrected chi connectivity index (χ2v) is 0.978. The minimum atomic E-state index is -1.40. The zero-order chi connectivity index (χ0) is 5.70. The maximum atomic E-state index is 8.07. The molecule has 0 radical (unpaired) electrons. The molecule has 3 heteroatoms. The lowest BCUT2D eigenvalue weighted by Crippen LogP contribution is -1.97. The maximum Gasteiger partial charge on any atom is 0.174 e. The standard InChI is InChI=1S/C4H8O3/c1-7-3-2-4(5)6/h2-6H,1H3. The number of hydrogen-bond acceptors (Lipinski definition) is 3. The molecule has 0 fully saturated rings. The monoisotopic (exact) mass is 104 g/mol. The van der Waals surface area contributed by atoms with Crippen molar-refractivity contribution < 1.29 is 14.9 Å². The highest BCUT2D eigenvalue weighted by Crippen LogP contribution is 1.76. The largest absolute Gasteiger partial charge is 0.505 e. The van der Waals surface area contributed by atoms with E-state index in [2.05, 4.69) is 4.74 Å². The zero-order valence-electron chi connectivity index (χ0n) is 4.03. The molecule has 0 aromatic heterocycles. The van der Waals surface area contributed by atoms with E-state index in [1.54, 1.807) is 0 Å². The molecule has 0 heterocycles. The average molecular weight is 104 g/mol. The molecule has 0 bridgehead atoms. The van der Waals surface area contributed by atoms with Crippen LogP contribution in [0, 0.1) is 0 Å². The number of ether oxygens (including phenoxy) is 1. The highest BCUT2D eigenvalue weighted by Gasteiger charge is 1.82. The second kappa shape index (κ2) is 3.64. The molecule has 0 atom stereocenters. The Hall–Kier alpha value is -0.540. The number of hydrogen-bond donors (Lipinski definition) is 2. The molecule has 0 amide bonds. The Morgan fingerprint density at radius 1 is 1.57 bits per heavy atom. The van der Waals surface area contributed by atoms with Crippen LogP contribution in [0.5, 0.6) is 0 Å². The molecule has 0 aliphatic rings. The lowest BCUT2D eigenvalue weighted by Gasteiger charge is -1.89. The van der Waals surface area contributed by atoms with E-state index in [1.165, 1.54) is 13.4 Å². The van der Waals surface area contributed by atoms with E-state index >= 15 is 0 Å². The average Bonchev–Trinajstić information content (AvgIpc) is 1.61. The number of methoxy groups -OCH3 is 1. The first-order chi connectivity index (χ1) is 3.27. The fraction of sp³-hybridized carbons (Fsp3) is 0.500. The SMILES string of the molecule is COC=CC(O)O. The summed E-state index contributed by atoms with van der Waals surface area (Å²) in [6.07, 6.45) is 0.907. The summed E-state index contributed by atoms with van der Waals surface area (Å²) < 4.78 is 4.35. The summed E-state index contributed by atoms with van der Waals surface area (Å²) in [5.41, 5.74) is 0. The summed E-state index contributed by atoms with van der Waals surface area (Å²) in [6, 6.07) is 0. The van der Waals surface area contributed by atoms with Gasteiger partial charge in [0, 0.05) is 6.08 Å². The van der Waals surface area contributed by atoms with Crippen molar-refractivity contribution in [2.45, 2.75) is 6.29 Å². The van der Waals surface area contributed by atoms with Gasteiger partial charge in [0.1, 0.15) is 0 Å². The molecule has 0 aromatic rings. The summed E-state index contributed by atoms with van der Waals surface area (Å²) in [5, 5.41) is 16.1. The van der Waals surface area contributed by atoms with E-state index in [-0.39, 0.29) is 0 Å². The van der Waals surface area contributed by atoms with Crippen LogP contribution in [0.4, 0.5) is 0 Å². The highest BCUT2D eigenvalue weighted by atomic mass is 16.5. The van der Waals surface area contributed by atoms with Crippen LogP contribution in [0.2, 0.25) is 0 Å². The molecule has 0 saturated heterocycles. The van der Waals surface area contributed by atoms with Crippen LogP contribution in [0.1, 0.15) is 0 Å². The molecular formula is C4H8O3. The number of aliphatic hydroxyl groups excluding tert-OH is 1. The molecule has 7 heavy (non-hydrogen) atoms. The third-order valence-electron chi connectivity index (χ3n) is 0.387. The molecule has 42 valence electrons. The highest BCUT2D eigenvalue weighted by molar-refractivity contribution is 4.74. The molecule has 3 nitrogen and oxygen atoms in total. The quantitative estimate of drug-likeness (QED) is 0.365. The van der Waals surface area contributed by atoms with Crippen LogP contribution >= 0.6 is 0 Å². The van der Waals surface area contributed by atoms with E-state index in [9.17, 15) is 0 Å². The number of aliphatic hydroxyl groups is 2. The normalized spacial score (nSPS) is 10.9. The predicted molar refractivity (Wildman–Crippen MR) is 24.4 cm³/mol. The van der Waals surface area contributed by atoms with Crippen LogP contribution < -0.4 is 0 Å². The molecule has 0 rings (SSSR count). The van der Waals surface area contributed by atoms with Crippen molar-refractivity contribution in [3.8, 4) is 0 Å². The maximum absolute atomic E-state index is 8.07. The fourth-order valence-corrected chi connectivity index (χ4v) is 0.149. The van der Waals surface area contributed by atoms with E-state index < -0.39 is 6.29 Å². The first-order valence-electron chi connectivity index (χ1n) is 1.83. The molecule has 0 aromatic carbocycles. The molecule has 0 spiro atoms. The van der Waals surface area contributed by atoms with Gasteiger partial charge in [-0.1, -0.05) is 0 Å². The van der Waals surface area contributed by atoms with Crippen LogP contribution in [-0.2, 0) is 4.74 Å². The van der Waals surface area contributed by atoms with Crippen molar-refractivity contribution in [3.05, 3.63) is 12.3 Å². The van der Waals surface area contributed by atoms with Crippen molar-refractivity contribution >= 4 is 0 Å². The lowest BCUT2D eigenvalue weighted by atomic mass is 10.6. The Bertz CT molecular complexity index is 58.0. The Labute approximate surface area is 41.8 Å². The van der Waals surface area contributed by atoms with E-state index in [0.717, 1.165) is 6.08 Å². The number of rotatable bonds is 2. The van der Waals surface area contributed by atoms with Crippen molar-refractivity contribution in [2.24, 2.45) is 0 Å². The Morgan fingerprint density at radius 3 is 2.29 bits per heavy atom. The van der Waals surface area contributed by atoms with Gasteiger partial charge in [0.15, 0.2) is 6.29 Å². The molecule has 0 aliphatic heterocycles. The third-order valence-corrected chi connectivity index (χ3v) is 0.387. The van der Waals surface area contributed by atoms with Gasteiger partial charge in [-0.3, -0.25) is 0 Å². The predicted octanol–water partition coefficient (Wildman–Crippen LogP) is -0.543. The van der Waals surface area contributed by atoms with Crippen molar-refractivity contribution in [3.63, 3.8) is 0 Å². The topological polar surface area (TPSA) is 49.7 Å². The summed E-state index contributed by atoms with van der Waals surface area (Å²) in [5.74, 6) is 0. The summed E-state index contributed by atoms with van der Waals surface area (Å²) in [4.78, 5) is 0. The Kier molecular flexibility index (Phi) is 3.36. The third kappa shape index (κ3) is 5.46. The zero-order valence-corrected chi connectivity index (χ0v) is 4.03. The van der Waals surface area contributed by atoms with Gasteiger partial charge < -0.3 is 14.9 Å². The van der Waals surface area contributed by atoms with Crippen LogP contribution in [0.3, 0.4) is 0 Å². The Morgan fingerprint density at radius 2 is 2.14 bits per heavy atom. The smallest absolute Gasteiger partial charge is 0.174 e. The van der Waals surface area contributed by atoms with Crippen molar-refractivity contribution in [1.29, 1.82) is 0 Å². The molecule has 0 aliphatic carbocycles. The first-order valence-corrected chi connectivity index (χ1v) is 1.83. The van der Waals surface area contributed by atoms with E-state index in [4.69, 9.17) is 10.2 Å².